The maximum atomic E-state index is 6.17. The lowest BCUT2D eigenvalue weighted by Crippen LogP contribution is -2.30. The Morgan fingerprint density at radius 1 is 1.44 bits per heavy atom. The first kappa shape index (κ1) is 13.9. The molecule has 1 heterocycles. The summed E-state index contributed by atoms with van der Waals surface area (Å²) in [7, 11) is 0. The predicted octanol–water partition coefficient (Wildman–Crippen LogP) is 3.55. The first-order valence-electron chi connectivity index (χ1n) is 6.79. The van der Waals surface area contributed by atoms with E-state index < -0.39 is 0 Å². The molecule has 2 rings (SSSR count). The molecule has 18 heavy (non-hydrogen) atoms. The number of hydrogen-bond acceptors (Lipinski definition) is 2. The van der Waals surface area contributed by atoms with Crippen LogP contribution in [0.25, 0.3) is 0 Å². The van der Waals surface area contributed by atoms with Gasteiger partial charge >= 0.3 is 0 Å². The second-order valence-corrected chi connectivity index (χ2v) is 5.56. The van der Waals surface area contributed by atoms with Crippen LogP contribution in [0.5, 0.6) is 0 Å². The Balaban J connectivity index is 1.68. The van der Waals surface area contributed by atoms with Crippen molar-refractivity contribution in [2.45, 2.75) is 32.8 Å². The van der Waals surface area contributed by atoms with Gasteiger partial charge in [-0.25, -0.2) is 0 Å². The monoisotopic (exact) mass is 267 g/mol. The summed E-state index contributed by atoms with van der Waals surface area (Å²) in [6, 6.07) is 6.13. The van der Waals surface area contributed by atoms with Gasteiger partial charge in [0.1, 0.15) is 0 Å². The Labute approximate surface area is 115 Å². The lowest BCUT2D eigenvalue weighted by atomic mass is 9.97. The molecule has 0 radical (unpaired) electrons. The Morgan fingerprint density at radius 3 is 3.06 bits per heavy atom. The molecule has 0 saturated carbocycles. The number of rotatable bonds is 5. The van der Waals surface area contributed by atoms with E-state index in [0.29, 0.717) is 6.61 Å². The molecule has 1 atom stereocenters. The highest BCUT2D eigenvalue weighted by Gasteiger charge is 2.12. The van der Waals surface area contributed by atoms with Crippen molar-refractivity contribution in [3.8, 4) is 0 Å². The van der Waals surface area contributed by atoms with Gasteiger partial charge in [0, 0.05) is 11.6 Å². The summed E-state index contributed by atoms with van der Waals surface area (Å²) >= 11 is 6.17. The number of piperidine rings is 1. The summed E-state index contributed by atoms with van der Waals surface area (Å²) in [5.74, 6) is 0.784. The lowest BCUT2D eigenvalue weighted by molar-refractivity contribution is 0.103. The average molecular weight is 268 g/mol. The molecular formula is C15H22ClNO. The van der Waals surface area contributed by atoms with Gasteiger partial charge in [-0.15, -0.1) is 0 Å². The van der Waals surface area contributed by atoms with Crippen LogP contribution in [-0.2, 0) is 11.3 Å². The Bertz CT molecular complexity index is 375. The van der Waals surface area contributed by atoms with Gasteiger partial charge in [0.25, 0.3) is 0 Å². The van der Waals surface area contributed by atoms with Crippen molar-refractivity contribution >= 4 is 11.6 Å². The number of hydrogen-bond donors (Lipinski definition) is 1. The molecule has 1 N–H and O–H groups in total. The predicted molar refractivity (Wildman–Crippen MR) is 76.1 cm³/mol. The minimum Gasteiger partial charge on any atom is -0.377 e. The van der Waals surface area contributed by atoms with Gasteiger partial charge in [0.05, 0.1) is 6.61 Å². The van der Waals surface area contributed by atoms with E-state index in [1.807, 2.05) is 13.0 Å². The van der Waals surface area contributed by atoms with E-state index in [2.05, 4.69) is 17.4 Å². The smallest absolute Gasteiger partial charge is 0.0731 e. The SMILES string of the molecule is Cc1ccc(COCCC2CCCNC2)c(Cl)c1. The fourth-order valence-electron chi connectivity index (χ4n) is 2.37. The first-order chi connectivity index (χ1) is 8.75. The molecule has 100 valence electrons. The highest BCUT2D eigenvalue weighted by atomic mass is 35.5. The summed E-state index contributed by atoms with van der Waals surface area (Å²) in [6.45, 7) is 5.83. The van der Waals surface area contributed by atoms with E-state index in [0.717, 1.165) is 36.1 Å². The molecule has 1 aromatic carbocycles. The van der Waals surface area contributed by atoms with Crippen LogP contribution in [0.15, 0.2) is 18.2 Å². The molecule has 0 spiro atoms. The Kier molecular flexibility index (Phi) is 5.48. The summed E-state index contributed by atoms with van der Waals surface area (Å²) in [5.41, 5.74) is 2.28. The molecule has 1 aliphatic heterocycles. The van der Waals surface area contributed by atoms with E-state index in [1.54, 1.807) is 0 Å². The molecule has 3 heteroatoms. The van der Waals surface area contributed by atoms with Crippen molar-refractivity contribution in [2.75, 3.05) is 19.7 Å². The zero-order valence-corrected chi connectivity index (χ0v) is 11.8. The third-order valence-corrected chi connectivity index (χ3v) is 3.89. The first-order valence-corrected chi connectivity index (χ1v) is 7.17. The summed E-state index contributed by atoms with van der Waals surface area (Å²) < 4.78 is 5.73. The van der Waals surface area contributed by atoms with Crippen molar-refractivity contribution in [3.05, 3.63) is 34.3 Å². The number of aryl methyl sites for hydroxylation is 1. The van der Waals surface area contributed by atoms with E-state index in [9.17, 15) is 0 Å². The molecule has 0 amide bonds. The van der Waals surface area contributed by atoms with Crippen molar-refractivity contribution in [2.24, 2.45) is 5.92 Å². The molecule has 0 bridgehead atoms. The van der Waals surface area contributed by atoms with Gasteiger partial charge in [0.15, 0.2) is 0 Å². The van der Waals surface area contributed by atoms with Crippen LogP contribution in [0.3, 0.4) is 0 Å². The van der Waals surface area contributed by atoms with Gasteiger partial charge in [-0.2, -0.15) is 0 Å². The van der Waals surface area contributed by atoms with Crippen molar-refractivity contribution < 1.29 is 4.74 Å². The number of benzene rings is 1. The van der Waals surface area contributed by atoms with Crippen molar-refractivity contribution in [1.29, 1.82) is 0 Å². The lowest BCUT2D eigenvalue weighted by Gasteiger charge is -2.22. The van der Waals surface area contributed by atoms with Gasteiger partial charge in [-0.1, -0.05) is 23.7 Å². The Morgan fingerprint density at radius 2 is 2.33 bits per heavy atom. The van der Waals surface area contributed by atoms with Gasteiger partial charge in [-0.05, 0) is 62.4 Å². The van der Waals surface area contributed by atoms with Gasteiger partial charge < -0.3 is 10.1 Å². The normalized spacial score (nSPS) is 20.0. The zero-order valence-electron chi connectivity index (χ0n) is 11.0. The number of halogens is 1. The molecule has 0 aromatic heterocycles. The molecule has 0 aliphatic carbocycles. The molecule has 1 unspecified atom stereocenters. The maximum absolute atomic E-state index is 6.17. The van der Waals surface area contributed by atoms with E-state index in [4.69, 9.17) is 16.3 Å². The molecule has 1 saturated heterocycles. The van der Waals surface area contributed by atoms with Crippen molar-refractivity contribution in [3.63, 3.8) is 0 Å². The zero-order chi connectivity index (χ0) is 12.8. The minimum absolute atomic E-state index is 0.624. The van der Waals surface area contributed by atoms with E-state index in [-0.39, 0.29) is 0 Å². The van der Waals surface area contributed by atoms with E-state index in [1.165, 1.54) is 24.9 Å². The molecular weight excluding hydrogens is 246 g/mol. The average Bonchev–Trinajstić information content (AvgIpc) is 2.38. The van der Waals surface area contributed by atoms with Crippen LogP contribution in [0.2, 0.25) is 5.02 Å². The summed E-state index contributed by atoms with van der Waals surface area (Å²) in [4.78, 5) is 0. The van der Waals surface area contributed by atoms with Crippen LogP contribution in [0.1, 0.15) is 30.4 Å². The van der Waals surface area contributed by atoms with Crippen LogP contribution >= 0.6 is 11.6 Å². The second-order valence-electron chi connectivity index (χ2n) is 5.15. The van der Waals surface area contributed by atoms with Crippen LogP contribution in [0, 0.1) is 12.8 Å². The highest BCUT2D eigenvalue weighted by Crippen LogP contribution is 2.19. The fourth-order valence-corrected chi connectivity index (χ4v) is 2.66. The third kappa shape index (κ3) is 4.27. The van der Waals surface area contributed by atoms with Crippen LogP contribution < -0.4 is 5.32 Å². The maximum Gasteiger partial charge on any atom is 0.0731 e. The molecule has 2 nitrogen and oxygen atoms in total. The highest BCUT2D eigenvalue weighted by molar-refractivity contribution is 6.31. The molecule has 1 fully saturated rings. The topological polar surface area (TPSA) is 21.3 Å². The molecule has 1 aromatic rings. The molecule has 1 aliphatic rings. The van der Waals surface area contributed by atoms with Gasteiger partial charge in [0.2, 0.25) is 0 Å². The van der Waals surface area contributed by atoms with Crippen molar-refractivity contribution in [1.82, 2.24) is 5.32 Å². The second kappa shape index (κ2) is 7.13. The van der Waals surface area contributed by atoms with Crippen LogP contribution in [-0.4, -0.2) is 19.7 Å². The fraction of sp³-hybridized carbons (Fsp3) is 0.600. The minimum atomic E-state index is 0.624. The van der Waals surface area contributed by atoms with E-state index >= 15 is 0 Å². The van der Waals surface area contributed by atoms with Gasteiger partial charge in [-0.3, -0.25) is 0 Å². The largest absolute Gasteiger partial charge is 0.377 e. The number of ether oxygens (including phenoxy) is 1. The summed E-state index contributed by atoms with van der Waals surface area (Å²) in [5, 5.41) is 4.25. The standard InChI is InChI=1S/C15H22ClNO/c1-12-4-5-14(15(16)9-12)11-18-8-6-13-3-2-7-17-10-13/h4-5,9,13,17H,2-3,6-8,10-11H2,1H3. The Hall–Kier alpha value is -0.570. The van der Waals surface area contributed by atoms with Crippen LogP contribution in [0.4, 0.5) is 0 Å². The third-order valence-electron chi connectivity index (χ3n) is 3.54. The number of nitrogens with one attached hydrogen (secondary N) is 1. The quantitative estimate of drug-likeness (QED) is 0.824. The summed E-state index contributed by atoms with van der Waals surface area (Å²) in [6.07, 6.45) is 3.78.